The predicted octanol–water partition coefficient (Wildman–Crippen LogP) is 5.19. The van der Waals surface area contributed by atoms with Crippen LogP contribution < -0.4 is 35.0 Å². The Morgan fingerprint density at radius 2 is 1.81 bits per heavy atom. The normalized spacial score (nSPS) is 14.3. The number of amides is 3. The van der Waals surface area contributed by atoms with Gasteiger partial charge in [0.15, 0.2) is 29.6 Å². The van der Waals surface area contributed by atoms with E-state index in [2.05, 4.69) is 21.2 Å². The van der Waals surface area contributed by atoms with E-state index in [0.29, 0.717) is 34.7 Å². The molecular weight excluding hydrogens is 635 g/mol. The number of esters is 1. The Bertz CT molecular complexity index is 1700. The van der Waals surface area contributed by atoms with Crippen LogP contribution in [0.3, 0.4) is 0 Å². The van der Waals surface area contributed by atoms with Gasteiger partial charge in [0.25, 0.3) is 5.91 Å². The van der Waals surface area contributed by atoms with E-state index in [1.54, 1.807) is 69.3 Å². The Labute approximate surface area is 275 Å². The number of carbonyl (C=O) groups excluding carboxylic acids is 3. The number of hydrazone groups is 1. The van der Waals surface area contributed by atoms with E-state index in [4.69, 9.17) is 35.3 Å². The third-order valence-corrected chi connectivity index (χ3v) is 6.99. The fourth-order valence-electron chi connectivity index (χ4n) is 4.59. The van der Waals surface area contributed by atoms with Crippen molar-refractivity contribution in [3.8, 4) is 23.0 Å². The molecule has 0 aliphatic carbocycles. The van der Waals surface area contributed by atoms with Crippen LogP contribution in [0.1, 0.15) is 43.5 Å². The smallest absolute Gasteiger partial charge is 0.338 e. The Morgan fingerprint density at radius 1 is 1.02 bits per heavy atom. The number of carbonyl (C=O) groups is 3. The van der Waals surface area contributed by atoms with Gasteiger partial charge >= 0.3 is 12.0 Å². The van der Waals surface area contributed by atoms with E-state index in [-0.39, 0.29) is 41.1 Å². The molecule has 3 aromatic rings. The summed E-state index contributed by atoms with van der Waals surface area (Å²) in [6.07, 6.45) is 1.37. The van der Waals surface area contributed by atoms with Gasteiger partial charge in [-0.3, -0.25) is 4.79 Å². The zero-order valence-electron chi connectivity index (χ0n) is 26.1. The predicted molar refractivity (Wildman–Crippen MR) is 171 cm³/mol. The number of allylic oxidation sites excluding steroid dienone is 1. The molecule has 3 N–H and O–H groups in total. The van der Waals surface area contributed by atoms with Gasteiger partial charge in [-0.1, -0.05) is 35.9 Å². The first-order valence-electron chi connectivity index (χ1n) is 14.6. The molecule has 0 spiro atoms. The van der Waals surface area contributed by atoms with E-state index < -0.39 is 36.4 Å². The van der Waals surface area contributed by atoms with Crippen molar-refractivity contribution in [3.63, 3.8) is 0 Å². The fraction of sp³-hybridized carbons (Fsp3) is 0.273. The first-order chi connectivity index (χ1) is 22.6. The maximum Gasteiger partial charge on any atom is 0.338 e. The third-order valence-electron chi connectivity index (χ3n) is 6.71. The monoisotopic (exact) mass is 668 g/mol. The van der Waals surface area contributed by atoms with Gasteiger partial charge in [0.1, 0.15) is 12.4 Å². The molecule has 1 aliphatic rings. The van der Waals surface area contributed by atoms with Gasteiger partial charge in [-0.25, -0.2) is 19.4 Å². The summed E-state index contributed by atoms with van der Waals surface area (Å²) in [5, 5.41) is 9.48. The summed E-state index contributed by atoms with van der Waals surface area (Å²) in [5.41, 5.74) is 4.40. The van der Waals surface area contributed by atoms with Gasteiger partial charge in [0.2, 0.25) is 0 Å². The molecule has 0 unspecified atom stereocenters. The molecule has 0 fully saturated rings. The molecule has 0 bridgehead atoms. The van der Waals surface area contributed by atoms with E-state index in [1.807, 2.05) is 0 Å². The van der Waals surface area contributed by atoms with Crippen LogP contribution in [0.15, 0.2) is 71.0 Å². The molecule has 4 rings (SSSR count). The Balaban J connectivity index is 1.39. The summed E-state index contributed by atoms with van der Waals surface area (Å²) in [4.78, 5) is 37.3. The highest BCUT2D eigenvalue weighted by atomic mass is 35.5. The van der Waals surface area contributed by atoms with Crippen molar-refractivity contribution in [2.24, 2.45) is 5.10 Å². The quantitative estimate of drug-likeness (QED) is 0.121. The van der Waals surface area contributed by atoms with Gasteiger partial charge in [-0.15, -0.1) is 0 Å². The van der Waals surface area contributed by atoms with Gasteiger partial charge in [-0.05, 0) is 62.2 Å². The molecule has 3 aromatic carbocycles. The van der Waals surface area contributed by atoms with Gasteiger partial charge < -0.3 is 34.3 Å². The molecule has 1 heterocycles. The summed E-state index contributed by atoms with van der Waals surface area (Å²) in [5.74, 6) is -0.452. The maximum absolute atomic E-state index is 14.0. The zero-order valence-corrected chi connectivity index (χ0v) is 26.9. The molecule has 47 heavy (non-hydrogen) atoms. The molecule has 0 aromatic heterocycles. The van der Waals surface area contributed by atoms with Crippen molar-refractivity contribution in [1.82, 2.24) is 16.1 Å². The highest BCUT2D eigenvalue weighted by Crippen LogP contribution is 2.37. The molecule has 12 nitrogen and oxygen atoms in total. The molecule has 0 saturated carbocycles. The Morgan fingerprint density at radius 3 is 2.53 bits per heavy atom. The van der Waals surface area contributed by atoms with Crippen LogP contribution in [0, 0.1) is 5.82 Å². The lowest BCUT2D eigenvalue weighted by Gasteiger charge is -2.28. The Hall–Kier alpha value is -5.30. The fourth-order valence-corrected chi connectivity index (χ4v) is 4.87. The number of nitrogens with zero attached hydrogens (tertiary/aromatic N) is 1. The number of rotatable bonds is 14. The van der Waals surface area contributed by atoms with E-state index in [9.17, 15) is 18.8 Å². The standard InChI is InChI=1S/C33H34ClFN4O8/c1-5-44-27-14-20(13-23(34)31(27)47-17-22-9-7-8-10-24(22)35)16-36-39-28(40)18-46-25-12-11-21(15-26(25)43-4)30-29(32(41)45-6-2)19(3)37-33(42)38-30/h7-16,30H,5-6,17-18H2,1-4H3,(H,39,40)(H2,37,38,42)/b36-16-/t30-/m0/s1. The third kappa shape index (κ3) is 8.91. The first kappa shape index (κ1) is 34.6. The number of benzene rings is 3. The maximum atomic E-state index is 14.0. The van der Waals surface area contributed by atoms with Crippen LogP contribution in [0.2, 0.25) is 5.02 Å². The van der Waals surface area contributed by atoms with Crippen molar-refractivity contribution < 1.29 is 42.5 Å². The second-order valence-corrected chi connectivity index (χ2v) is 10.3. The van der Waals surface area contributed by atoms with Crippen LogP contribution in [0.5, 0.6) is 23.0 Å². The van der Waals surface area contributed by atoms with Crippen LogP contribution in [0.25, 0.3) is 0 Å². The summed E-state index contributed by atoms with van der Waals surface area (Å²) in [6.45, 7) is 5.12. The molecule has 1 aliphatic heterocycles. The average molecular weight is 669 g/mol. The minimum atomic E-state index is -0.799. The molecule has 3 amide bonds. The summed E-state index contributed by atoms with van der Waals surface area (Å²) < 4.78 is 41.7. The zero-order chi connectivity index (χ0) is 33.9. The van der Waals surface area contributed by atoms with Gasteiger partial charge in [-0.2, -0.15) is 5.10 Å². The molecular formula is C33H34ClFN4O8. The number of halogens is 2. The van der Waals surface area contributed by atoms with Crippen LogP contribution >= 0.6 is 11.6 Å². The van der Waals surface area contributed by atoms with Crippen molar-refractivity contribution in [2.45, 2.75) is 33.4 Å². The number of hydrogen-bond donors (Lipinski definition) is 3. The molecule has 0 radical (unpaired) electrons. The number of methoxy groups -OCH3 is 1. The van der Waals surface area contributed by atoms with Crippen molar-refractivity contribution in [3.05, 3.63) is 93.4 Å². The van der Waals surface area contributed by atoms with Crippen molar-refractivity contribution in [1.29, 1.82) is 0 Å². The lowest BCUT2D eigenvalue weighted by molar-refractivity contribution is -0.139. The second-order valence-electron chi connectivity index (χ2n) is 9.93. The lowest BCUT2D eigenvalue weighted by atomic mass is 9.95. The topological polar surface area (TPSA) is 146 Å². The molecule has 1 atom stereocenters. The van der Waals surface area contributed by atoms with Crippen LogP contribution in [0.4, 0.5) is 9.18 Å². The molecule has 248 valence electrons. The number of ether oxygens (including phenoxy) is 5. The minimum Gasteiger partial charge on any atom is -0.493 e. The summed E-state index contributed by atoms with van der Waals surface area (Å²) in [7, 11) is 1.42. The number of urea groups is 1. The van der Waals surface area contributed by atoms with E-state index in [0.717, 1.165) is 0 Å². The number of hydrogen-bond acceptors (Lipinski definition) is 9. The van der Waals surface area contributed by atoms with Crippen LogP contribution in [-0.4, -0.2) is 51.1 Å². The highest BCUT2D eigenvalue weighted by molar-refractivity contribution is 6.32. The van der Waals surface area contributed by atoms with Gasteiger partial charge in [0, 0.05) is 11.3 Å². The Kier molecular flexibility index (Phi) is 12.0. The second kappa shape index (κ2) is 16.3. The average Bonchev–Trinajstić information content (AvgIpc) is 3.04. The van der Waals surface area contributed by atoms with Crippen LogP contribution in [-0.2, 0) is 20.9 Å². The van der Waals surface area contributed by atoms with Gasteiger partial charge in [0.05, 0.1) is 43.2 Å². The minimum absolute atomic E-state index is 0.0521. The van der Waals surface area contributed by atoms with Crippen molar-refractivity contribution in [2.75, 3.05) is 26.9 Å². The largest absolute Gasteiger partial charge is 0.493 e. The summed E-state index contributed by atoms with van der Waals surface area (Å²) in [6, 6.07) is 13.0. The SMILES string of the molecule is CCOC(=O)C1=C(C)NC(=O)N[C@H]1c1ccc(OCC(=O)N/N=C\c2cc(Cl)c(OCc3ccccc3F)c(OCC)c2)c(OC)c1. The highest BCUT2D eigenvalue weighted by Gasteiger charge is 2.32. The first-order valence-corrected chi connectivity index (χ1v) is 14.9. The van der Waals surface area contributed by atoms with Crippen molar-refractivity contribution >= 4 is 35.7 Å². The number of nitrogens with one attached hydrogen (secondary N) is 3. The van der Waals surface area contributed by atoms with E-state index >= 15 is 0 Å². The summed E-state index contributed by atoms with van der Waals surface area (Å²) >= 11 is 6.45. The molecule has 14 heteroatoms. The van der Waals surface area contributed by atoms with E-state index in [1.165, 1.54) is 19.4 Å². The lowest BCUT2D eigenvalue weighted by Crippen LogP contribution is -2.45. The molecule has 0 saturated heterocycles.